The van der Waals surface area contributed by atoms with Gasteiger partial charge in [0.15, 0.2) is 0 Å². The lowest BCUT2D eigenvalue weighted by Gasteiger charge is -2.11. The van der Waals surface area contributed by atoms with E-state index in [1.165, 1.54) is 19.2 Å². The van der Waals surface area contributed by atoms with Crippen LogP contribution in [-0.2, 0) is 0 Å². The molecule has 2 N–H and O–H groups in total. The number of H-pyrrole nitrogens is 1. The van der Waals surface area contributed by atoms with Gasteiger partial charge >= 0.3 is 0 Å². The molecule has 5 heteroatoms. The van der Waals surface area contributed by atoms with Gasteiger partial charge in [0.1, 0.15) is 0 Å². The van der Waals surface area contributed by atoms with Crippen LogP contribution < -0.4 is 10.9 Å². The molecule has 1 heterocycles. The van der Waals surface area contributed by atoms with Crippen molar-refractivity contribution >= 4 is 16.8 Å². The first-order valence-corrected chi connectivity index (χ1v) is 6.52. The Kier molecular flexibility index (Phi) is 3.03. The fraction of sp³-hybridized carbons (Fsp3) is 0.357. The number of aromatic amines is 1. The molecule has 3 rings (SSSR count). The van der Waals surface area contributed by atoms with Gasteiger partial charge in [-0.05, 0) is 31.0 Å². The van der Waals surface area contributed by atoms with Crippen molar-refractivity contribution in [3.8, 4) is 0 Å². The summed E-state index contributed by atoms with van der Waals surface area (Å²) in [5, 5.41) is 3.52. The first-order valence-electron chi connectivity index (χ1n) is 6.52. The van der Waals surface area contributed by atoms with E-state index in [9.17, 15) is 9.59 Å². The number of nitrogens with one attached hydrogen (secondary N) is 2. The quantitative estimate of drug-likeness (QED) is 0.858. The summed E-state index contributed by atoms with van der Waals surface area (Å²) in [6, 6.07) is 5.26. The van der Waals surface area contributed by atoms with E-state index in [-0.39, 0.29) is 17.5 Å². The second-order valence-electron chi connectivity index (χ2n) is 4.92. The molecule has 1 amide bonds. The fourth-order valence-corrected chi connectivity index (χ4v) is 2.55. The molecule has 0 saturated heterocycles. The van der Waals surface area contributed by atoms with Gasteiger partial charge in [-0.2, -0.15) is 0 Å². The van der Waals surface area contributed by atoms with Gasteiger partial charge in [-0.1, -0.05) is 12.8 Å². The predicted molar refractivity (Wildman–Crippen MR) is 72.1 cm³/mol. The summed E-state index contributed by atoms with van der Waals surface area (Å²) < 4.78 is 0. The van der Waals surface area contributed by atoms with Crippen LogP contribution in [0.1, 0.15) is 36.0 Å². The third-order valence-electron chi connectivity index (χ3n) is 3.59. The fourth-order valence-electron chi connectivity index (χ4n) is 2.55. The van der Waals surface area contributed by atoms with Crippen LogP contribution in [0.4, 0.5) is 0 Å². The Bertz CT molecular complexity index is 672. The minimum atomic E-state index is -0.187. The zero-order chi connectivity index (χ0) is 13.2. The van der Waals surface area contributed by atoms with E-state index in [0.717, 1.165) is 12.8 Å². The summed E-state index contributed by atoms with van der Waals surface area (Å²) >= 11 is 0. The summed E-state index contributed by atoms with van der Waals surface area (Å²) in [4.78, 5) is 30.2. The molecule has 0 aliphatic heterocycles. The van der Waals surface area contributed by atoms with Crippen LogP contribution in [0.2, 0.25) is 0 Å². The zero-order valence-electron chi connectivity index (χ0n) is 10.5. The number of carbonyl (C=O) groups excluding carboxylic acids is 1. The molecular formula is C14H15N3O2. The van der Waals surface area contributed by atoms with Crippen molar-refractivity contribution in [2.24, 2.45) is 0 Å². The number of hydrogen-bond acceptors (Lipinski definition) is 3. The van der Waals surface area contributed by atoms with Gasteiger partial charge < -0.3 is 10.3 Å². The number of aromatic nitrogens is 2. The highest BCUT2D eigenvalue weighted by Gasteiger charge is 2.18. The Hall–Kier alpha value is -2.17. The van der Waals surface area contributed by atoms with Crippen molar-refractivity contribution in [2.75, 3.05) is 0 Å². The van der Waals surface area contributed by atoms with E-state index in [1.54, 1.807) is 18.2 Å². The molecule has 0 atom stereocenters. The van der Waals surface area contributed by atoms with Gasteiger partial charge in [-0.15, -0.1) is 0 Å². The molecule has 1 saturated carbocycles. The summed E-state index contributed by atoms with van der Waals surface area (Å²) in [5.74, 6) is -0.0871. The van der Waals surface area contributed by atoms with E-state index < -0.39 is 0 Å². The Labute approximate surface area is 110 Å². The van der Waals surface area contributed by atoms with Crippen LogP contribution in [-0.4, -0.2) is 21.9 Å². The standard InChI is InChI=1S/C14H15N3O2/c18-13(17-10-3-1-2-4-10)9-5-6-11-12(7-9)15-8-16-14(11)19/h5-8,10H,1-4H2,(H,17,18)(H,15,16,19). The lowest BCUT2D eigenvalue weighted by Crippen LogP contribution is -2.32. The minimum Gasteiger partial charge on any atom is -0.349 e. The average Bonchev–Trinajstić information content (AvgIpc) is 2.91. The molecule has 98 valence electrons. The summed E-state index contributed by atoms with van der Waals surface area (Å²) in [6.07, 6.45) is 5.82. The molecule has 2 aromatic rings. The maximum Gasteiger partial charge on any atom is 0.258 e. The lowest BCUT2D eigenvalue weighted by molar-refractivity contribution is 0.0938. The zero-order valence-corrected chi connectivity index (χ0v) is 10.5. The third kappa shape index (κ3) is 2.36. The highest BCUT2D eigenvalue weighted by Crippen LogP contribution is 2.18. The Balaban J connectivity index is 1.88. The highest BCUT2D eigenvalue weighted by molar-refractivity contribution is 5.97. The second kappa shape index (κ2) is 4.84. The third-order valence-corrected chi connectivity index (χ3v) is 3.59. The Morgan fingerprint density at radius 1 is 1.32 bits per heavy atom. The SMILES string of the molecule is O=C(NC1CCCC1)c1ccc2c(=O)[nH]cnc2c1. The van der Waals surface area contributed by atoms with Crippen molar-refractivity contribution in [3.63, 3.8) is 0 Å². The average molecular weight is 257 g/mol. The Morgan fingerprint density at radius 2 is 2.11 bits per heavy atom. The number of hydrogen-bond donors (Lipinski definition) is 2. The summed E-state index contributed by atoms with van der Waals surface area (Å²) in [5.41, 5.74) is 0.910. The van der Waals surface area contributed by atoms with Crippen molar-refractivity contribution in [1.29, 1.82) is 0 Å². The number of nitrogens with zero attached hydrogens (tertiary/aromatic N) is 1. The van der Waals surface area contributed by atoms with E-state index in [4.69, 9.17) is 0 Å². The lowest BCUT2D eigenvalue weighted by atomic mass is 10.1. The second-order valence-corrected chi connectivity index (χ2v) is 4.92. The molecule has 0 spiro atoms. The van der Waals surface area contributed by atoms with Gasteiger partial charge in [-0.25, -0.2) is 4.98 Å². The molecule has 1 aliphatic carbocycles. The maximum atomic E-state index is 12.1. The largest absolute Gasteiger partial charge is 0.349 e. The molecule has 1 aromatic heterocycles. The number of benzene rings is 1. The molecule has 0 bridgehead atoms. The number of rotatable bonds is 2. The molecular weight excluding hydrogens is 242 g/mol. The van der Waals surface area contributed by atoms with E-state index in [1.807, 2.05) is 0 Å². The molecule has 19 heavy (non-hydrogen) atoms. The first kappa shape index (κ1) is 11.9. The maximum absolute atomic E-state index is 12.1. The molecule has 5 nitrogen and oxygen atoms in total. The van der Waals surface area contributed by atoms with Crippen molar-refractivity contribution in [2.45, 2.75) is 31.7 Å². The number of amides is 1. The van der Waals surface area contributed by atoms with Crippen LogP contribution in [0, 0.1) is 0 Å². The molecule has 0 radical (unpaired) electrons. The summed E-state index contributed by atoms with van der Waals surface area (Å²) in [7, 11) is 0. The topological polar surface area (TPSA) is 74.8 Å². The number of fused-ring (bicyclic) bond motifs is 1. The van der Waals surface area contributed by atoms with Crippen LogP contribution in [0.5, 0.6) is 0 Å². The minimum absolute atomic E-state index is 0.0871. The monoisotopic (exact) mass is 257 g/mol. The van der Waals surface area contributed by atoms with Crippen LogP contribution in [0.15, 0.2) is 29.3 Å². The molecule has 1 aromatic carbocycles. The van der Waals surface area contributed by atoms with Gasteiger partial charge in [-0.3, -0.25) is 9.59 Å². The molecule has 1 aliphatic rings. The van der Waals surface area contributed by atoms with Crippen molar-refractivity contribution < 1.29 is 4.79 Å². The highest BCUT2D eigenvalue weighted by atomic mass is 16.1. The van der Waals surface area contributed by atoms with Crippen molar-refractivity contribution in [1.82, 2.24) is 15.3 Å². The van der Waals surface area contributed by atoms with Crippen molar-refractivity contribution in [3.05, 3.63) is 40.4 Å². The normalized spacial score (nSPS) is 15.8. The molecule has 0 unspecified atom stereocenters. The van der Waals surface area contributed by atoms with Crippen LogP contribution in [0.3, 0.4) is 0 Å². The van der Waals surface area contributed by atoms with Gasteiger partial charge in [0.2, 0.25) is 0 Å². The number of carbonyl (C=O) groups is 1. The predicted octanol–water partition coefficient (Wildman–Crippen LogP) is 1.60. The Morgan fingerprint density at radius 3 is 2.89 bits per heavy atom. The van der Waals surface area contributed by atoms with E-state index >= 15 is 0 Å². The first-order chi connectivity index (χ1) is 9.24. The van der Waals surface area contributed by atoms with Gasteiger partial charge in [0.25, 0.3) is 11.5 Å². The van der Waals surface area contributed by atoms with Crippen LogP contribution in [0.25, 0.3) is 10.9 Å². The smallest absolute Gasteiger partial charge is 0.258 e. The van der Waals surface area contributed by atoms with E-state index in [0.29, 0.717) is 16.5 Å². The van der Waals surface area contributed by atoms with Gasteiger partial charge in [0, 0.05) is 11.6 Å². The summed E-state index contributed by atoms with van der Waals surface area (Å²) in [6.45, 7) is 0. The van der Waals surface area contributed by atoms with E-state index in [2.05, 4.69) is 15.3 Å². The van der Waals surface area contributed by atoms with Gasteiger partial charge in [0.05, 0.1) is 17.2 Å². The molecule has 1 fully saturated rings. The van der Waals surface area contributed by atoms with Crippen LogP contribution >= 0.6 is 0 Å².